The van der Waals surface area contributed by atoms with Crippen molar-refractivity contribution in [3.63, 3.8) is 0 Å². The van der Waals surface area contributed by atoms with Gasteiger partial charge in [0.2, 0.25) is 0 Å². The van der Waals surface area contributed by atoms with Crippen molar-refractivity contribution >= 4 is 101 Å². The Balaban J connectivity index is 1.03. The summed E-state index contributed by atoms with van der Waals surface area (Å²) >= 11 is 0. The molecule has 1 aromatic heterocycles. The van der Waals surface area contributed by atoms with Crippen molar-refractivity contribution < 1.29 is 0 Å². The number of para-hydroxylation sites is 5. The molecule has 358 valence electrons. The number of rotatable bonds is 6. The molecule has 0 spiro atoms. The number of hydrogen-bond acceptors (Lipinski definition) is 2. The normalized spacial score (nSPS) is 12.9. The Morgan fingerprint density at radius 2 is 0.737 bits per heavy atom. The van der Waals surface area contributed by atoms with Gasteiger partial charge < -0.3 is 14.4 Å². The van der Waals surface area contributed by atoms with Gasteiger partial charge in [-0.2, -0.15) is 0 Å². The first kappa shape index (κ1) is 44.1. The minimum absolute atomic E-state index is 0.0327. The van der Waals surface area contributed by atoms with E-state index in [1.54, 1.807) is 0 Å². The fourth-order valence-corrected chi connectivity index (χ4v) is 12.9. The average molecular weight is 970 g/mol. The van der Waals surface area contributed by atoms with Crippen LogP contribution in [0.1, 0.15) is 26.3 Å². The molecule has 2 aliphatic heterocycles. The van der Waals surface area contributed by atoms with Crippen LogP contribution in [0.15, 0.2) is 261 Å². The number of anilines is 6. The number of aromatic nitrogens is 1. The van der Waals surface area contributed by atoms with Crippen molar-refractivity contribution in [2.75, 3.05) is 9.80 Å². The van der Waals surface area contributed by atoms with Crippen LogP contribution in [0.25, 0.3) is 82.4 Å². The quantitative estimate of drug-likeness (QED) is 0.122. The van der Waals surface area contributed by atoms with E-state index in [0.717, 1.165) is 22.6 Å². The molecular formula is C72H52BN3. The van der Waals surface area contributed by atoms with Crippen LogP contribution in [0.5, 0.6) is 0 Å². The van der Waals surface area contributed by atoms with Gasteiger partial charge in [-0.3, -0.25) is 0 Å². The molecule has 0 unspecified atom stereocenters. The molecule has 0 amide bonds. The third-order valence-corrected chi connectivity index (χ3v) is 16.2. The van der Waals surface area contributed by atoms with Crippen LogP contribution in [0.3, 0.4) is 0 Å². The van der Waals surface area contributed by atoms with E-state index in [2.05, 4.69) is 296 Å². The van der Waals surface area contributed by atoms with Crippen molar-refractivity contribution in [3.8, 4) is 39.1 Å². The second kappa shape index (κ2) is 17.1. The van der Waals surface area contributed by atoms with Crippen LogP contribution < -0.4 is 26.2 Å². The van der Waals surface area contributed by atoms with Crippen LogP contribution in [-0.4, -0.2) is 11.3 Å². The van der Waals surface area contributed by atoms with E-state index in [9.17, 15) is 0 Å². The van der Waals surface area contributed by atoms with Crippen molar-refractivity contribution in [3.05, 3.63) is 266 Å². The van der Waals surface area contributed by atoms with E-state index in [1.807, 2.05) is 0 Å². The second-order valence-corrected chi connectivity index (χ2v) is 21.6. The van der Waals surface area contributed by atoms with Crippen LogP contribution >= 0.6 is 0 Å². The van der Waals surface area contributed by atoms with E-state index in [0.29, 0.717) is 0 Å². The third kappa shape index (κ3) is 6.77. The lowest BCUT2D eigenvalue weighted by Crippen LogP contribution is -2.61. The minimum atomic E-state index is -0.152. The Labute approximate surface area is 444 Å². The molecule has 4 heteroatoms. The summed E-state index contributed by atoms with van der Waals surface area (Å²) in [5, 5.41) is 7.51. The fourth-order valence-electron chi connectivity index (χ4n) is 12.9. The predicted molar refractivity (Wildman–Crippen MR) is 325 cm³/mol. The highest BCUT2D eigenvalue weighted by atomic mass is 15.2. The molecule has 0 N–H and O–H groups in total. The zero-order valence-corrected chi connectivity index (χ0v) is 42.7. The summed E-state index contributed by atoms with van der Waals surface area (Å²) in [7, 11) is 0. The largest absolute Gasteiger partial charge is 0.311 e. The average Bonchev–Trinajstić information content (AvgIpc) is 3.84. The molecule has 0 bridgehead atoms. The zero-order chi connectivity index (χ0) is 50.6. The zero-order valence-electron chi connectivity index (χ0n) is 42.7. The monoisotopic (exact) mass is 969 g/mol. The lowest BCUT2D eigenvalue weighted by molar-refractivity contribution is 0.591. The van der Waals surface area contributed by atoms with E-state index >= 15 is 0 Å². The first-order chi connectivity index (χ1) is 37.4. The van der Waals surface area contributed by atoms with Gasteiger partial charge in [0.1, 0.15) is 0 Å². The lowest BCUT2D eigenvalue weighted by Gasteiger charge is -2.44. The summed E-state index contributed by atoms with van der Waals surface area (Å²) in [5.41, 5.74) is 22.8. The first-order valence-corrected chi connectivity index (χ1v) is 26.6. The molecular weight excluding hydrogens is 918 g/mol. The maximum Gasteiger partial charge on any atom is 0.252 e. The minimum Gasteiger partial charge on any atom is -0.311 e. The Kier molecular flexibility index (Phi) is 9.93. The lowest BCUT2D eigenvalue weighted by atomic mass is 9.33. The van der Waals surface area contributed by atoms with Crippen LogP contribution in [0.4, 0.5) is 34.1 Å². The summed E-state index contributed by atoms with van der Waals surface area (Å²) < 4.78 is 2.46. The second-order valence-electron chi connectivity index (χ2n) is 21.6. The molecule has 13 aromatic rings. The maximum absolute atomic E-state index is 2.56. The van der Waals surface area contributed by atoms with E-state index in [-0.39, 0.29) is 12.1 Å². The van der Waals surface area contributed by atoms with Gasteiger partial charge in [-0.15, -0.1) is 0 Å². The number of nitrogens with zero attached hydrogens (tertiary/aromatic N) is 3. The van der Waals surface area contributed by atoms with Crippen LogP contribution in [0, 0.1) is 0 Å². The van der Waals surface area contributed by atoms with Gasteiger partial charge in [0.05, 0.1) is 11.0 Å². The van der Waals surface area contributed by atoms with Gasteiger partial charge in [0.25, 0.3) is 6.71 Å². The van der Waals surface area contributed by atoms with Crippen LogP contribution in [-0.2, 0) is 5.41 Å². The highest BCUT2D eigenvalue weighted by Crippen LogP contribution is 2.49. The molecule has 0 radical (unpaired) electrons. The van der Waals surface area contributed by atoms with Gasteiger partial charge in [-0.1, -0.05) is 209 Å². The predicted octanol–water partition coefficient (Wildman–Crippen LogP) is 17.5. The van der Waals surface area contributed by atoms with E-state index < -0.39 is 0 Å². The van der Waals surface area contributed by atoms with Gasteiger partial charge >= 0.3 is 0 Å². The van der Waals surface area contributed by atoms with Gasteiger partial charge in [-0.05, 0) is 155 Å². The third-order valence-electron chi connectivity index (χ3n) is 16.2. The highest BCUT2D eigenvalue weighted by molar-refractivity contribution is 7.00. The van der Waals surface area contributed by atoms with Gasteiger partial charge in [-0.25, -0.2) is 0 Å². The van der Waals surface area contributed by atoms with Gasteiger partial charge in [0, 0.05) is 50.6 Å². The standard InChI is InChI=1S/C72H52BN3/c1-72(2,3)51-42-48(41-50(43-51)70-59-33-15-13-31-57(59)69(47-23-7-4-8-24-47)58-32-14-16-34-60(58)70)49-44-67-71-68(45-49)75(53-27-11-6-12-28-53)66-46-54(76-63-36-20-17-29-55(63)56-30-18-21-37-64(56)76)39-40-62(66)73(71)61-35-19-22-38-65(61)74(67)52-25-9-5-10-26-52/h4-46H,1-3H3. The van der Waals surface area contributed by atoms with Crippen molar-refractivity contribution in [1.82, 2.24) is 4.57 Å². The molecule has 0 saturated carbocycles. The summed E-state index contributed by atoms with van der Waals surface area (Å²) in [4.78, 5) is 5.08. The summed E-state index contributed by atoms with van der Waals surface area (Å²) in [6.07, 6.45) is 0. The molecule has 0 saturated heterocycles. The summed E-state index contributed by atoms with van der Waals surface area (Å²) in [6, 6.07) is 97.4. The van der Waals surface area contributed by atoms with E-state index in [1.165, 1.54) is 116 Å². The topological polar surface area (TPSA) is 11.4 Å². The van der Waals surface area contributed by atoms with Gasteiger partial charge in [0.15, 0.2) is 0 Å². The smallest absolute Gasteiger partial charge is 0.252 e. The van der Waals surface area contributed by atoms with E-state index in [4.69, 9.17) is 0 Å². The molecule has 12 aromatic carbocycles. The van der Waals surface area contributed by atoms with Crippen molar-refractivity contribution in [2.45, 2.75) is 26.2 Å². The summed E-state index contributed by atoms with van der Waals surface area (Å²) in [5.74, 6) is 0. The molecule has 2 aliphatic rings. The number of hydrogen-bond donors (Lipinski definition) is 0. The Hall–Kier alpha value is -9.38. The Bertz CT molecular complexity index is 4350. The maximum atomic E-state index is 2.56. The molecule has 15 rings (SSSR count). The molecule has 0 aliphatic carbocycles. The Morgan fingerprint density at radius 1 is 0.303 bits per heavy atom. The molecule has 3 heterocycles. The number of fused-ring (bicyclic) bond motifs is 9. The molecule has 76 heavy (non-hydrogen) atoms. The molecule has 0 fully saturated rings. The SMILES string of the molecule is CC(C)(C)c1cc(-c2cc3c4c(c2)N(c2ccccc2)c2cc(-n5c6ccccc6c6ccccc65)ccc2B4c2ccccc2N3c2ccccc2)cc(-c2c3ccccc3c(-c3ccccc3)c3ccccc23)c1. The first-order valence-electron chi connectivity index (χ1n) is 26.6. The Morgan fingerprint density at radius 3 is 1.30 bits per heavy atom. The summed E-state index contributed by atoms with van der Waals surface area (Å²) in [6.45, 7) is 7.02. The van der Waals surface area contributed by atoms with Crippen LogP contribution in [0.2, 0.25) is 0 Å². The molecule has 3 nitrogen and oxygen atoms in total. The highest BCUT2D eigenvalue weighted by Gasteiger charge is 2.44. The fraction of sp³-hybridized carbons (Fsp3) is 0.0556. The van der Waals surface area contributed by atoms with Crippen molar-refractivity contribution in [1.29, 1.82) is 0 Å². The van der Waals surface area contributed by atoms with Crippen molar-refractivity contribution in [2.24, 2.45) is 0 Å². The molecule has 0 atom stereocenters. The number of benzene rings is 12.